The maximum atomic E-state index is 12.4. The molecule has 23 heavy (non-hydrogen) atoms. The van der Waals surface area contributed by atoms with Crippen molar-refractivity contribution in [1.82, 2.24) is 10.2 Å². The lowest BCUT2D eigenvalue weighted by Crippen LogP contribution is -2.47. The molecular formula is C15H15F3N2O3. The van der Waals surface area contributed by atoms with Crippen LogP contribution >= 0.6 is 0 Å². The summed E-state index contributed by atoms with van der Waals surface area (Å²) in [6.07, 6.45) is -4.22. The number of amides is 3. The number of rotatable bonds is 4. The largest absolute Gasteiger partial charge is 0.416 e. The van der Waals surface area contributed by atoms with Crippen molar-refractivity contribution in [2.75, 3.05) is 0 Å². The van der Waals surface area contributed by atoms with Gasteiger partial charge in [-0.05, 0) is 24.6 Å². The molecule has 1 aliphatic rings. The summed E-state index contributed by atoms with van der Waals surface area (Å²) in [6.45, 7) is 1.45. The number of carbonyl (C=O) groups is 3. The molecule has 1 fully saturated rings. The molecule has 1 aliphatic heterocycles. The normalized spacial score (nSPS) is 16.6. The van der Waals surface area contributed by atoms with E-state index in [0.717, 1.165) is 17.0 Å². The number of benzene rings is 1. The lowest BCUT2D eigenvalue weighted by Gasteiger charge is -2.21. The Kier molecular flexibility index (Phi) is 4.72. The van der Waals surface area contributed by atoms with E-state index in [-0.39, 0.29) is 19.4 Å². The van der Waals surface area contributed by atoms with Crippen molar-refractivity contribution in [2.24, 2.45) is 0 Å². The van der Waals surface area contributed by atoms with Crippen LogP contribution in [0.25, 0.3) is 0 Å². The van der Waals surface area contributed by atoms with Gasteiger partial charge in [-0.1, -0.05) is 12.1 Å². The lowest BCUT2D eigenvalue weighted by atomic mass is 10.1. The molecule has 1 atom stereocenters. The van der Waals surface area contributed by atoms with Crippen LogP contribution in [0.3, 0.4) is 0 Å². The van der Waals surface area contributed by atoms with Gasteiger partial charge in [0.1, 0.15) is 6.04 Å². The molecule has 1 heterocycles. The first kappa shape index (κ1) is 17.0. The maximum Gasteiger partial charge on any atom is 0.416 e. The summed E-state index contributed by atoms with van der Waals surface area (Å²) in [6, 6.07) is 3.45. The summed E-state index contributed by atoms with van der Waals surface area (Å²) >= 11 is 0. The molecule has 1 saturated heterocycles. The molecule has 2 rings (SSSR count). The monoisotopic (exact) mass is 328 g/mol. The maximum absolute atomic E-state index is 12.4. The van der Waals surface area contributed by atoms with E-state index in [0.29, 0.717) is 5.56 Å². The molecule has 0 radical (unpaired) electrons. The highest BCUT2D eigenvalue weighted by Gasteiger charge is 2.36. The van der Waals surface area contributed by atoms with Crippen molar-refractivity contribution in [2.45, 2.75) is 38.5 Å². The Morgan fingerprint density at radius 3 is 2.17 bits per heavy atom. The lowest BCUT2D eigenvalue weighted by molar-refractivity contribution is -0.146. The Bertz CT molecular complexity index is 610. The van der Waals surface area contributed by atoms with Crippen LogP contribution in [0.2, 0.25) is 0 Å². The minimum atomic E-state index is -4.41. The van der Waals surface area contributed by atoms with Crippen molar-refractivity contribution in [3.63, 3.8) is 0 Å². The van der Waals surface area contributed by atoms with Crippen molar-refractivity contribution in [3.05, 3.63) is 35.4 Å². The Labute approximate surface area is 130 Å². The van der Waals surface area contributed by atoms with Gasteiger partial charge in [-0.25, -0.2) is 0 Å². The summed E-state index contributed by atoms with van der Waals surface area (Å²) < 4.78 is 37.3. The Hall–Kier alpha value is -2.38. The van der Waals surface area contributed by atoms with Gasteiger partial charge in [-0.2, -0.15) is 13.2 Å². The highest BCUT2D eigenvalue weighted by molar-refractivity contribution is 6.05. The van der Waals surface area contributed by atoms with E-state index in [1.54, 1.807) is 0 Å². The standard InChI is InChI=1S/C15H15F3N2O3/c1-9(20-12(21)6-7-13(20)22)14(23)19-8-10-2-4-11(5-3-10)15(16,17)18/h2-5,9H,6-8H2,1H3,(H,19,23). The van der Waals surface area contributed by atoms with E-state index in [9.17, 15) is 27.6 Å². The van der Waals surface area contributed by atoms with Crippen LogP contribution < -0.4 is 5.32 Å². The third kappa shape index (κ3) is 3.88. The van der Waals surface area contributed by atoms with Gasteiger partial charge in [0.2, 0.25) is 17.7 Å². The first-order valence-corrected chi connectivity index (χ1v) is 6.99. The second kappa shape index (κ2) is 6.39. The molecule has 1 unspecified atom stereocenters. The molecule has 124 valence electrons. The van der Waals surface area contributed by atoms with Gasteiger partial charge in [-0.3, -0.25) is 19.3 Å². The minimum Gasteiger partial charge on any atom is -0.350 e. The molecule has 8 heteroatoms. The van der Waals surface area contributed by atoms with Gasteiger partial charge in [0.05, 0.1) is 5.56 Å². The fourth-order valence-electron chi connectivity index (χ4n) is 2.29. The van der Waals surface area contributed by atoms with Crippen LogP contribution in [-0.2, 0) is 27.1 Å². The molecular weight excluding hydrogens is 313 g/mol. The van der Waals surface area contributed by atoms with E-state index in [4.69, 9.17) is 0 Å². The predicted octanol–water partition coefficient (Wildman–Crippen LogP) is 1.86. The average molecular weight is 328 g/mol. The molecule has 0 saturated carbocycles. The van der Waals surface area contributed by atoms with Gasteiger partial charge in [0.25, 0.3) is 0 Å². The Morgan fingerprint density at radius 1 is 1.17 bits per heavy atom. The van der Waals surface area contributed by atoms with E-state index in [1.807, 2.05) is 0 Å². The number of nitrogens with zero attached hydrogens (tertiary/aromatic N) is 1. The molecule has 3 amide bonds. The Balaban J connectivity index is 1.94. The molecule has 0 aliphatic carbocycles. The SMILES string of the molecule is CC(C(=O)NCc1ccc(C(F)(F)F)cc1)N1C(=O)CCC1=O. The third-order valence-electron chi connectivity index (χ3n) is 3.60. The Morgan fingerprint density at radius 2 is 1.70 bits per heavy atom. The highest BCUT2D eigenvalue weighted by Crippen LogP contribution is 2.29. The molecule has 1 N–H and O–H groups in total. The smallest absolute Gasteiger partial charge is 0.350 e. The molecule has 0 bridgehead atoms. The summed E-state index contributed by atoms with van der Waals surface area (Å²) in [7, 11) is 0. The zero-order valence-corrected chi connectivity index (χ0v) is 12.3. The summed E-state index contributed by atoms with van der Waals surface area (Å²) in [4.78, 5) is 36.0. The molecule has 0 spiro atoms. The highest BCUT2D eigenvalue weighted by atomic mass is 19.4. The number of hydrogen-bond donors (Lipinski definition) is 1. The van der Waals surface area contributed by atoms with E-state index in [1.165, 1.54) is 19.1 Å². The van der Waals surface area contributed by atoms with Crippen molar-refractivity contribution in [1.29, 1.82) is 0 Å². The van der Waals surface area contributed by atoms with Crippen molar-refractivity contribution < 1.29 is 27.6 Å². The minimum absolute atomic E-state index is 0.0114. The molecule has 1 aromatic rings. The van der Waals surface area contributed by atoms with Crippen LogP contribution in [-0.4, -0.2) is 28.7 Å². The average Bonchev–Trinajstić information content (AvgIpc) is 2.82. The fraction of sp³-hybridized carbons (Fsp3) is 0.400. The first-order valence-electron chi connectivity index (χ1n) is 6.99. The molecule has 5 nitrogen and oxygen atoms in total. The van der Waals surface area contributed by atoms with Gasteiger partial charge < -0.3 is 5.32 Å². The van der Waals surface area contributed by atoms with Gasteiger partial charge in [-0.15, -0.1) is 0 Å². The zero-order valence-electron chi connectivity index (χ0n) is 12.3. The number of alkyl halides is 3. The van der Waals surface area contributed by atoms with E-state index < -0.39 is 35.5 Å². The van der Waals surface area contributed by atoms with Crippen LogP contribution in [0.1, 0.15) is 30.9 Å². The zero-order chi connectivity index (χ0) is 17.2. The molecule has 1 aromatic carbocycles. The van der Waals surface area contributed by atoms with Crippen LogP contribution in [0.5, 0.6) is 0 Å². The second-order valence-corrected chi connectivity index (χ2v) is 5.25. The van der Waals surface area contributed by atoms with E-state index >= 15 is 0 Å². The molecule has 0 aromatic heterocycles. The fourth-order valence-corrected chi connectivity index (χ4v) is 2.29. The number of imide groups is 1. The predicted molar refractivity (Wildman–Crippen MR) is 73.8 cm³/mol. The number of nitrogens with one attached hydrogen (secondary N) is 1. The summed E-state index contributed by atoms with van der Waals surface area (Å²) in [5.74, 6) is -1.33. The van der Waals surface area contributed by atoms with Crippen LogP contribution in [0.4, 0.5) is 13.2 Å². The summed E-state index contributed by atoms with van der Waals surface area (Å²) in [5, 5.41) is 2.51. The van der Waals surface area contributed by atoms with Crippen LogP contribution in [0.15, 0.2) is 24.3 Å². The van der Waals surface area contributed by atoms with Gasteiger partial charge in [0, 0.05) is 19.4 Å². The van der Waals surface area contributed by atoms with Crippen molar-refractivity contribution >= 4 is 17.7 Å². The second-order valence-electron chi connectivity index (χ2n) is 5.25. The number of hydrogen-bond acceptors (Lipinski definition) is 3. The van der Waals surface area contributed by atoms with Crippen LogP contribution in [0, 0.1) is 0 Å². The van der Waals surface area contributed by atoms with E-state index in [2.05, 4.69) is 5.32 Å². The topological polar surface area (TPSA) is 66.5 Å². The first-order chi connectivity index (χ1) is 10.7. The summed E-state index contributed by atoms with van der Waals surface area (Å²) in [5.41, 5.74) is -0.285. The number of likely N-dealkylation sites (tertiary alicyclic amines) is 1. The number of carbonyl (C=O) groups excluding carboxylic acids is 3. The van der Waals surface area contributed by atoms with Gasteiger partial charge in [0.15, 0.2) is 0 Å². The third-order valence-corrected chi connectivity index (χ3v) is 3.60. The van der Waals surface area contributed by atoms with Gasteiger partial charge >= 0.3 is 6.18 Å². The van der Waals surface area contributed by atoms with Crippen molar-refractivity contribution in [3.8, 4) is 0 Å². The number of halogens is 3. The quantitative estimate of drug-likeness (QED) is 0.858.